The van der Waals surface area contributed by atoms with E-state index in [0.717, 1.165) is 45.7 Å². The molecule has 4 unspecified atom stereocenters. The molecule has 232 valence electrons. The fraction of sp³-hybridized carbons (Fsp3) is 0.500. The number of carbonyl (C=O) groups is 2. The molecule has 1 fully saturated rings. The van der Waals surface area contributed by atoms with Gasteiger partial charge in [0, 0.05) is 18.5 Å². The smallest absolute Gasteiger partial charge is 0.276 e. The van der Waals surface area contributed by atoms with Crippen molar-refractivity contribution in [2.24, 2.45) is 15.9 Å². The van der Waals surface area contributed by atoms with E-state index in [1.165, 1.54) is 0 Å². The number of benzene rings is 1. The maximum Gasteiger partial charge on any atom is 0.276 e. The summed E-state index contributed by atoms with van der Waals surface area (Å²) in [7, 11) is 0. The van der Waals surface area contributed by atoms with E-state index in [1.807, 2.05) is 19.1 Å². The Kier molecular flexibility index (Phi) is 9.26. The summed E-state index contributed by atoms with van der Waals surface area (Å²) in [6.07, 6.45) is 0.622. The second-order valence-corrected chi connectivity index (χ2v) is 12.0. The molecular weight excluding hydrogens is 598 g/mol. The third-order valence-corrected chi connectivity index (χ3v) is 8.41. The Bertz CT molecular complexity index is 1420. The average Bonchev–Trinajstić information content (AvgIpc) is 3.66. The van der Waals surface area contributed by atoms with Crippen molar-refractivity contribution in [2.45, 2.75) is 63.4 Å². The third kappa shape index (κ3) is 6.50. The van der Waals surface area contributed by atoms with Crippen LogP contribution in [0.4, 0.5) is 5.13 Å². The van der Waals surface area contributed by atoms with Crippen LogP contribution in [0, 0.1) is 0 Å². The van der Waals surface area contributed by atoms with Crippen molar-refractivity contribution in [1.29, 1.82) is 0 Å². The highest BCUT2D eigenvalue weighted by Crippen LogP contribution is 2.34. The standard InChI is InChI=1S/C26H35N9O6S2/c1-13(18-6-5-15-10-14(4-7-19(15)39-18)16-11-30-25(32-16)29-9-8-27)40-34-20(17-12-42-24(28)31-17)22(36)33-21-23(37)35(41-43-38)26(21,2)3/h4,7,10,12-13,16,18,21,38H,5-6,8-9,11,27H2,1-3H3,(H2,28,31)(H,33,36)(H2,29,30,32)/b34-20-. The van der Waals surface area contributed by atoms with Gasteiger partial charge >= 0.3 is 0 Å². The number of aryl methyl sites for hydroxylation is 1. The van der Waals surface area contributed by atoms with Crippen LogP contribution < -0.4 is 32.2 Å². The van der Waals surface area contributed by atoms with E-state index in [-0.39, 0.29) is 41.0 Å². The van der Waals surface area contributed by atoms with Gasteiger partial charge in [0.25, 0.3) is 11.8 Å². The number of fused-ring (bicyclic) bond motifs is 1. The number of anilines is 1. The van der Waals surface area contributed by atoms with Gasteiger partial charge in [-0.2, -0.15) is 9.35 Å². The summed E-state index contributed by atoms with van der Waals surface area (Å²) in [5, 5.41) is 16.2. The summed E-state index contributed by atoms with van der Waals surface area (Å²) in [4.78, 5) is 40.3. The molecule has 3 aliphatic rings. The lowest BCUT2D eigenvalue weighted by atomic mass is 9.84. The third-order valence-electron chi connectivity index (χ3n) is 7.52. The van der Waals surface area contributed by atoms with Crippen molar-refractivity contribution in [1.82, 2.24) is 26.0 Å². The average molecular weight is 634 g/mol. The predicted octanol–water partition coefficient (Wildman–Crippen LogP) is 0.935. The van der Waals surface area contributed by atoms with Crippen LogP contribution in [0.2, 0.25) is 0 Å². The minimum Gasteiger partial charge on any atom is -0.486 e. The number of carbonyl (C=O) groups excluding carboxylic acids is 2. The first-order valence-corrected chi connectivity index (χ1v) is 15.3. The maximum atomic E-state index is 13.3. The fourth-order valence-corrected chi connectivity index (χ4v) is 5.95. The number of guanidine groups is 1. The SMILES string of the molecule is CC(O/N=C(\C(=O)NC1C(=O)N(OSO)C1(C)C)c1csc(N)n1)C1CCc2cc(C3CN=C(NCCN)N3)ccc2O1. The van der Waals surface area contributed by atoms with Crippen molar-refractivity contribution < 1.29 is 28.0 Å². The molecule has 0 spiro atoms. The second kappa shape index (κ2) is 12.9. The molecule has 5 rings (SSSR count). The van der Waals surface area contributed by atoms with Crippen molar-refractivity contribution in [3.8, 4) is 5.75 Å². The molecule has 2 aromatic rings. The van der Waals surface area contributed by atoms with Crippen LogP contribution in [0.15, 0.2) is 33.7 Å². The molecule has 4 atom stereocenters. The molecule has 4 heterocycles. The van der Waals surface area contributed by atoms with Crippen molar-refractivity contribution in [2.75, 3.05) is 25.4 Å². The van der Waals surface area contributed by atoms with E-state index in [4.69, 9.17) is 29.9 Å². The number of rotatable bonds is 11. The number of ether oxygens (including phenoxy) is 1. The molecule has 0 bridgehead atoms. The molecule has 43 heavy (non-hydrogen) atoms. The Hall–Kier alpha value is -3.64. The number of nitrogens with one attached hydrogen (secondary N) is 3. The fourth-order valence-electron chi connectivity index (χ4n) is 5.07. The van der Waals surface area contributed by atoms with E-state index >= 15 is 0 Å². The lowest BCUT2D eigenvalue weighted by Gasteiger charge is -2.50. The van der Waals surface area contributed by atoms with Gasteiger partial charge < -0.3 is 41.5 Å². The highest BCUT2D eigenvalue weighted by atomic mass is 32.2. The van der Waals surface area contributed by atoms with E-state index < -0.39 is 29.5 Å². The van der Waals surface area contributed by atoms with Gasteiger partial charge in [-0.25, -0.2) is 4.98 Å². The largest absolute Gasteiger partial charge is 0.486 e. The first kappa shape index (κ1) is 30.8. The molecule has 17 heteroatoms. The van der Waals surface area contributed by atoms with Gasteiger partial charge in [-0.05, 0) is 56.9 Å². The van der Waals surface area contributed by atoms with Gasteiger partial charge in [0.15, 0.2) is 35.2 Å². The number of nitrogens with zero attached hydrogens (tertiary/aromatic N) is 4. The Morgan fingerprint density at radius 3 is 2.95 bits per heavy atom. The Labute approximate surface area is 256 Å². The van der Waals surface area contributed by atoms with Crippen LogP contribution in [-0.2, 0) is 25.1 Å². The number of aliphatic imine (C=N–C) groups is 1. The van der Waals surface area contributed by atoms with Crippen molar-refractivity contribution in [3.63, 3.8) is 0 Å². The zero-order valence-corrected chi connectivity index (χ0v) is 25.5. The summed E-state index contributed by atoms with van der Waals surface area (Å²) >= 11 is 1.19. The number of thiazole rings is 1. The molecule has 8 N–H and O–H groups in total. The predicted molar refractivity (Wildman–Crippen MR) is 162 cm³/mol. The highest BCUT2D eigenvalue weighted by Gasteiger charge is 2.57. The zero-order valence-electron chi connectivity index (χ0n) is 23.9. The normalized spacial score (nSPS) is 23.3. The van der Waals surface area contributed by atoms with Crippen LogP contribution >= 0.6 is 23.7 Å². The van der Waals surface area contributed by atoms with E-state index in [9.17, 15) is 9.59 Å². The number of hydrogen-bond acceptors (Lipinski definition) is 15. The number of aromatic nitrogens is 1. The van der Waals surface area contributed by atoms with Crippen LogP contribution in [-0.4, -0.2) is 81.5 Å². The van der Waals surface area contributed by atoms with E-state index in [2.05, 4.69) is 37.1 Å². The van der Waals surface area contributed by atoms with Gasteiger partial charge in [-0.3, -0.25) is 14.6 Å². The van der Waals surface area contributed by atoms with Crippen LogP contribution in [0.1, 0.15) is 50.1 Å². The number of oxime groups is 1. The summed E-state index contributed by atoms with van der Waals surface area (Å²) in [5.74, 6) is 0.324. The quantitative estimate of drug-likeness (QED) is 0.0883. The lowest BCUT2D eigenvalue weighted by molar-refractivity contribution is -0.214. The lowest BCUT2D eigenvalue weighted by Crippen LogP contribution is -2.76. The van der Waals surface area contributed by atoms with Crippen molar-refractivity contribution in [3.05, 3.63) is 40.4 Å². The molecule has 2 amide bonds. The van der Waals surface area contributed by atoms with E-state index in [1.54, 1.807) is 19.2 Å². The first-order chi connectivity index (χ1) is 20.6. The molecule has 15 nitrogen and oxygen atoms in total. The zero-order chi connectivity index (χ0) is 30.7. The number of amides is 2. The number of nitrogens with two attached hydrogens (primary N) is 2. The summed E-state index contributed by atoms with van der Waals surface area (Å²) in [6, 6.07) is 5.27. The number of nitrogen functional groups attached to an aromatic ring is 1. The molecule has 0 saturated carbocycles. The van der Waals surface area contributed by atoms with Crippen LogP contribution in [0.3, 0.4) is 0 Å². The van der Waals surface area contributed by atoms with Crippen LogP contribution in [0.25, 0.3) is 0 Å². The first-order valence-electron chi connectivity index (χ1n) is 13.7. The highest BCUT2D eigenvalue weighted by molar-refractivity contribution is 7.88. The van der Waals surface area contributed by atoms with E-state index in [0.29, 0.717) is 26.1 Å². The Morgan fingerprint density at radius 2 is 2.26 bits per heavy atom. The molecule has 0 radical (unpaired) electrons. The molecule has 1 saturated heterocycles. The summed E-state index contributed by atoms with van der Waals surface area (Å²) in [5.41, 5.74) is 12.7. The maximum absolute atomic E-state index is 13.3. The molecule has 1 aromatic carbocycles. The van der Waals surface area contributed by atoms with Gasteiger partial charge in [0.05, 0.1) is 18.1 Å². The molecule has 0 aliphatic carbocycles. The molecule has 1 aromatic heterocycles. The van der Waals surface area contributed by atoms with Gasteiger partial charge in [0.1, 0.15) is 23.6 Å². The summed E-state index contributed by atoms with van der Waals surface area (Å²) < 4.78 is 20.1. The second-order valence-electron chi connectivity index (χ2n) is 10.8. The summed E-state index contributed by atoms with van der Waals surface area (Å²) in [6.45, 7) is 7.01. The van der Waals surface area contributed by atoms with Gasteiger partial charge in [0.2, 0.25) is 0 Å². The Balaban J connectivity index is 1.23. The topological polar surface area (TPSA) is 211 Å². The number of hydrogen-bond donors (Lipinski definition) is 6. The van der Waals surface area contributed by atoms with Gasteiger partial charge in [-0.1, -0.05) is 11.2 Å². The molecular formula is C26H35N9O6S2. The monoisotopic (exact) mass is 633 g/mol. The number of hydroxylamine groups is 2. The minimum absolute atomic E-state index is 0.0486. The minimum atomic E-state index is -0.923. The van der Waals surface area contributed by atoms with Crippen LogP contribution in [0.5, 0.6) is 5.75 Å². The Morgan fingerprint density at radius 1 is 1.44 bits per heavy atom. The van der Waals surface area contributed by atoms with Crippen molar-refractivity contribution >= 4 is 52.3 Å². The number of β-lactam (4-membered cyclic amide) rings is 1. The molecule has 3 aliphatic heterocycles. The van der Waals surface area contributed by atoms with Gasteiger partial charge in [-0.15, -0.1) is 11.3 Å².